The minimum absolute atomic E-state index is 0.184. The Hall–Kier alpha value is -1.95. The summed E-state index contributed by atoms with van der Waals surface area (Å²) in [5.41, 5.74) is 0.757. The fourth-order valence-corrected chi connectivity index (χ4v) is 3.97. The lowest BCUT2D eigenvalue weighted by Gasteiger charge is -2.24. The molecule has 0 saturated carbocycles. The normalized spacial score (nSPS) is 21.5. The Kier molecular flexibility index (Phi) is 3.63. The van der Waals surface area contributed by atoms with Crippen molar-refractivity contribution in [2.75, 3.05) is 11.5 Å². The molecule has 1 fully saturated rings. The molecule has 2 aromatic rings. The molecule has 1 atom stereocenters. The van der Waals surface area contributed by atoms with E-state index in [0.29, 0.717) is 12.2 Å². The van der Waals surface area contributed by atoms with Crippen LogP contribution in [0.1, 0.15) is 12.0 Å². The maximum absolute atomic E-state index is 12.2. The van der Waals surface area contributed by atoms with Crippen molar-refractivity contribution in [2.24, 2.45) is 0 Å². The SMILES string of the molecule is O=C(Cc1c[nH]c2ccccc12)NC1(C(=O)O)CCSC1. The van der Waals surface area contributed by atoms with Crippen LogP contribution in [-0.2, 0) is 16.0 Å². The molecular formula is C15H16N2O3S. The van der Waals surface area contributed by atoms with E-state index in [4.69, 9.17) is 0 Å². The zero-order valence-corrected chi connectivity index (χ0v) is 12.2. The molecule has 110 valence electrons. The highest BCUT2D eigenvalue weighted by Crippen LogP contribution is 2.28. The van der Waals surface area contributed by atoms with Crippen LogP contribution in [0.25, 0.3) is 10.9 Å². The molecule has 3 rings (SSSR count). The number of benzene rings is 1. The van der Waals surface area contributed by atoms with Crippen molar-refractivity contribution in [1.82, 2.24) is 10.3 Å². The summed E-state index contributed by atoms with van der Waals surface area (Å²) in [6, 6.07) is 7.75. The summed E-state index contributed by atoms with van der Waals surface area (Å²) in [5, 5.41) is 13.1. The van der Waals surface area contributed by atoms with Gasteiger partial charge < -0.3 is 15.4 Å². The van der Waals surface area contributed by atoms with Gasteiger partial charge in [-0.3, -0.25) is 4.79 Å². The number of fused-ring (bicyclic) bond motifs is 1. The molecule has 0 radical (unpaired) electrons. The van der Waals surface area contributed by atoms with Crippen LogP contribution < -0.4 is 5.32 Å². The molecule has 6 heteroatoms. The molecule has 21 heavy (non-hydrogen) atoms. The van der Waals surface area contributed by atoms with Crippen LogP contribution in [0.5, 0.6) is 0 Å². The zero-order valence-electron chi connectivity index (χ0n) is 11.4. The minimum atomic E-state index is -1.10. The average Bonchev–Trinajstić information content (AvgIpc) is 3.08. The zero-order chi connectivity index (χ0) is 14.9. The number of carbonyl (C=O) groups is 2. The minimum Gasteiger partial charge on any atom is -0.479 e. The molecular weight excluding hydrogens is 288 g/mol. The van der Waals surface area contributed by atoms with Crippen LogP contribution >= 0.6 is 11.8 Å². The number of amides is 1. The van der Waals surface area contributed by atoms with E-state index < -0.39 is 11.5 Å². The van der Waals surface area contributed by atoms with Crippen molar-refractivity contribution in [1.29, 1.82) is 0 Å². The second-order valence-corrected chi connectivity index (χ2v) is 6.38. The summed E-state index contributed by atoms with van der Waals surface area (Å²) in [6.07, 6.45) is 2.47. The van der Waals surface area contributed by atoms with Crippen molar-refractivity contribution in [3.63, 3.8) is 0 Å². The summed E-state index contributed by atoms with van der Waals surface area (Å²) in [7, 11) is 0. The maximum Gasteiger partial charge on any atom is 0.330 e. The summed E-state index contributed by atoms with van der Waals surface area (Å²) in [5.74, 6) is 0.00571. The standard InChI is InChI=1S/C15H16N2O3S/c18-13(17-15(14(19)20)5-6-21-9-15)7-10-8-16-12-4-2-1-3-11(10)12/h1-4,8,16H,5-7,9H2,(H,17,18)(H,19,20). The van der Waals surface area contributed by atoms with Crippen molar-refractivity contribution in [2.45, 2.75) is 18.4 Å². The number of carboxylic acids is 1. The quantitative estimate of drug-likeness (QED) is 0.804. The van der Waals surface area contributed by atoms with Gasteiger partial charge in [0.05, 0.1) is 6.42 Å². The molecule has 1 unspecified atom stereocenters. The van der Waals surface area contributed by atoms with Gasteiger partial charge >= 0.3 is 5.97 Å². The number of carboxylic acid groups (broad SMARTS) is 1. The molecule has 1 amide bonds. The number of aromatic amines is 1. The number of aromatic nitrogens is 1. The van der Waals surface area contributed by atoms with Gasteiger partial charge in [0, 0.05) is 22.9 Å². The number of carbonyl (C=O) groups excluding carboxylic acids is 1. The predicted molar refractivity (Wildman–Crippen MR) is 82.5 cm³/mol. The summed E-state index contributed by atoms with van der Waals surface area (Å²) >= 11 is 1.56. The number of nitrogens with one attached hydrogen (secondary N) is 2. The third kappa shape index (κ3) is 2.63. The van der Waals surface area contributed by atoms with Gasteiger partial charge in [0.2, 0.25) is 5.91 Å². The number of H-pyrrole nitrogens is 1. The Labute approximate surface area is 126 Å². The van der Waals surface area contributed by atoms with Gasteiger partial charge in [-0.25, -0.2) is 4.79 Å². The molecule has 0 aliphatic carbocycles. The first-order valence-corrected chi connectivity index (χ1v) is 7.93. The first-order chi connectivity index (χ1) is 10.1. The Morgan fingerprint density at radius 1 is 1.38 bits per heavy atom. The van der Waals surface area contributed by atoms with Gasteiger partial charge in [-0.1, -0.05) is 18.2 Å². The van der Waals surface area contributed by atoms with Gasteiger partial charge in [-0.15, -0.1) is 0 Å². The average molecular weight is 304 g/mol. The maximum atomic E-state index is 12.2. The second kappa shape index (κ2) is 5.44. The van der Waals surface area contributed by atoms with Gasteiger partial charge in [-0.2, -0.15) is 11.8 Å². The van der Waals surface area contributed by atoms with Crippen LogP contribution in [0.2, 0.25) is 0 Å². The van der Waals surface area contributed by atoms with Gasteiger partial charge in [-0.05, 0) is 23.8 Å². The highest BCUT2D eigenvalue weighted by Gasteiger charge is 2.43. The van der Waals surface area contributed by atoms with E-state index >= 15 is 0 Å². The van der Waals surface area contributed by atoms with Crippen LogP contribution in [0, 0.1) is 0 Å². The third-order valence-electron chi connectivity index (χ3n) is 3.84. The molecule has 1 aliphatic rings. The molecule has 1 saturated heterocycles. The Bertz CT molecular complexity index is 689. The number of hydrogen-bond acceptors (Lipinski definition) is 3. The summed E-state index contributed by atoms with van der Waals surface area (Å²) in [4.78, 5) is 26.8. The number of aliphatic carboxylic acids is 1. The van der Waals surface area contributed by atoms with E-state index in [0.717, 1.165) is 22.2 Å². The van der Waals surface area contributed by atoms with Crippen molar-refractivity contribution >= 4 is 34.5 Å². The predicted octanol–water partition coefficient (Wildman–Crippen LogP) is 1.79. The van der Waals surface area contributed by atoms with Crippen molar-refractivity contribution in [3.05, 3.63) is 36.0 Å². The fourth-order valence-electron chi connectivity index (χ4n) is 2.65. The molecule has 0 spiro atoms. The summed E-state index contributed by atoms with van der Waals surface area (Å²) < 4.78 is 0. The molecule has 0 bridgehead atoms. The first kappa shape index (κ1) is 14.0. The number of rotatable bonds is 4. The fraction of sp³-hybridized carbons (Fsp3) is 0.333. The molecule has 1 aromatic heterocycles. The smallest absolute Gasteiger partial charge is 0.330 e. The monoisotopic (exact) mass is 304 g/mol. The molecule has 1 aliphatic heterocycles. The van der Waals surface area contributed by atoms with E-state index in [2.05, 4.69) is 10.3 Å². The van der Waals surface area contributed by atoms with Crippen molar-refractivity contribution < 1.29 is 14.7 Å². The van der Waals surface area contributed by atoms with Crippen LogP contribution in [0.3, 0.4) is 0 Å². The van der Waals surface area contributed by atoms with Crippen LogP contribution in [-0.4, -0.2) is 39.0 Å². The van der Waals surface area contributed by atoms with Crippen LogP contribution in [0.4, 0.5) is 0 Å². The Morgan fingerprint density at radius 2 is 2.19 bits per heavy atom. The highest BCUT2D eigenvalue weighted by atomic mass is 32.2. The van der Waals surface area contributed by atoms with E-state index in [1.165, 1.54) is 0 Å². The van der Waals surface area contributed by atoms with Crippen LogP contribution in [0.15, 0.2) is 30.5 Å². The van der Waals surface area contributed by atoms with Crippen molar-refractivity contribution in [3.8, 4) is 0 Å². The number of hydrogen-bond donors (Lipinski definition) is 3. The van der Waals surface area contributed by atoms with Gasteiger partial charge in [0.15, 0.2) is 0 Å². The van der Waals surface area contributed by atoms with E-state index in [9.17, 15) is 14.7 Å². The largest absolute Gasteiger partial charge is 0.479 e. The Morgan fingerprint density at radius 3 is 2.90 bits per heavy atom. The van der Waals surface area contributed by atoms with E-state index in [1.54, 1.807) is 18.0 Å². The lowest BCUT2D eigenvalue weighted by Crippen LogP contribution is -2.55. The number of thioether (sulfide) groups is 1. The number of para-hydroxylation sites is 1. The summed E-state index contributed by atoms with van der Waals surface area (Å²) in [6.45, 7) is 0. The Balaban J connectivity index is 1.76. The van der Waals surface area contributed by atoms with E-state index in [-0.39, 0.29) is 12.3 Å². The van der Waals surface area contributed by atoms with Gasteiger partial charge in [0.25, 0.3) is 0 Å². The lowest BCUT2D eigenvalue weighted by molar-refractivity contribution is -0.146. The molecule has 3 N–H and O–H groups in total. The third-order valence-corrected chi connectivity index (χ3v) is 5.03. The second-order valence-electron chi connectivity index (χ2n) is 5.27. The topological polar surface area (TPSA) is 82.2 Å². The highest BCUT2D eigenvalue weighted by molar-refractivity contribution is 7.99. The first-order valence-electron chi connectivity index (χ1n) is 6.78. The molecule has 2 heterocycles. The molecule has 1 aromatic carbocycles. The lowest BCUT2D eigenvalue weighted by atomic mass is 9.98. The van der Waals surface area contributed by atoms with Gasteiger partial charge in [0.1, 0.15) is 5.54 Å². The van der Waals surface area contributed by atoms with E-state index in [1.807, 2.05) is 24.3 Å². The molecule has 5 nitrogen and oxygen atoms in total.